The highest BCUT2D eigenvalue weighted by Gasteiger charge is 2.27. The SMILES string of the molecule is COc1c(C#N)cnc(C(N)=O)c1C1CCNCC1. The molecule has 1 aliphatic rings. The van der Waals surface area contributed by atoms with E-state index < -0.39 is 5.91 Å². The van der Waals surface area contributed by atoms with Crippen LogP contribution < -0.4 is 15.8 Å². The molecule has 2 heterocycles. The molecule has 0 atom stereocenters. The zero-order chi connectivity index (χ0) is 13.8. The fourth-order valence-electron chi connectivity index (χ4n) is 2.50. The van der Waals surface area contributed by atoms with Gasteiger partial charge in [-0.15, -0.1) is 0 Å². The first kappa shape index (κ1) is 13.3. The molecule has 100 valence electrons. The maximum atomic E-state index is 11.5. The maximum Gasteiger partial charge on any atom is 0.267 e. The number of amides is 1. The molecule has 1 saturated heterocycles. The fourth-order valence-corrected chi connectivity index (χ4v) is 2.50. The summed E-state index contributed by atoms with van der Waals surface area (Å²) in [6, 6.07) is 2.04. The van der Waals surface area contributed by atoms with Crippen LogP contribution in [0.2, 0.25) is 0 Å². The number of aromatic nitrogens is 1. The van der Waals surface area contributed by atoms with E-state index in [2.05, 4.69) is 10.3 Å². The number of nitrogens with two attached hydrogens (primary N) is 1. The van der Waals surface area contributed by atoms with Gasteiger partial charge in [0.2, 0.25) is 0 Å². The van der Waals surface area contributed by atoms with Crippen LogP contribution in [-0.4, -0.2) is 31.1 Å². The Kier molecular flexibility index (Phi) is 3.97. The monoisotopic (exact) mass is 260 g/mol. The van der Waals surface area contributed by atoms with Crippen LogP contribution in [0.25, 0.3) is 0 Å². The molecule has 0 spiro atoms. The number of hydrogen-bond donors (Lipinski definition) is 2. The molecule has 1 aliphatic heterocycles. The Hall–Kier alpha value is -2.13. The van der Waals surface area contributed by atoms with Gasteiger partial charge in [-0.2, -0.15) is 5.26 Å². The molecule has 0 radical (unpaired) electrons. The van der Waals surface area contributed by atoms with Crippen LogP contribution in [0.4, 0.5) is 0 Å². The summed E-state index contributed by atoms with van der Waals surface area (Å²) >= 11 is 0. The number of pyridine rings is 1. The van der Waals surface area contributed by atoms with Crippen molar-refractivity contribution >= 4 is 5.91 Å². The summed E-state index contributed by atoms with van der Waals surface area (Å²) < 4.78 is 5.32. The van der Waals surface area contributed by atoms with Crippen LogP contribution in [0.3, 0.4) is 0 Å². The number of primary amides is 1. The van der Waals surface area contributed by atoms with Crippen molar-refractivity contribution in [1.29, 1.82) is 5.26 Å². The van der Waals surface area contributed by atoms with Gasteiger partial charge in [-0.1, -0.05) is 0 Å². The first-order chi connectivity index (χ1) is 9.19. The van der Waals surface area contributed by atoms with Gasteiger partial charge in [0.15, 0.2) is 0 Å². The summed E-state index contributed by atoms with van der Waals surface area (Å²) in [6.45, 7) is 1.73. The van der Waals surface area contributed by atoms with Crippen molar-refractivity contribution in [2.45, 2.75) is 18.8 Å². The number of ether oxygens (including phenoxy) is 1. The van der Waals surface area contributed by atoms with Crippen LogP contribution in [0, 0.1) is 11.3 Å². The van der Waals surface area contributed by atoms with Crippen molar-refractivity contribution in [3.8, 4) is 11.8 Å². The van der Waals surface area contributed by atoms with Gasteiger partial charge in [0.25, 0.3) is 5.91 Å². The lowest BCUT2D eigenvalue weighted by Gasteiger charge is -2.25. The molecule has 0 aliphatic carbocycles. The lowest BCUT2D eigenvalue weighted by Crippen LogP contribution is -2.29. The number of hydrogen-bond acceptors (Lipinski definition) is 5. The number of nitrogens with zero attached hydrogens (tertiary/aromatic N) is 2. The Morgan fingerprint density at radius 1 is 1.58 bits per heavy atom. The molecule has 1 fully saturated rings. The summed E-state index contributed by atoms with van der Waals surface area (Å²) in [5.74, 6) is -0.0194. The largest absolute Gasteiger partial charge is 0.495 e. The molecule has 0 bridgehead atoms. The van der Waals surface area contributed by atoms with Gasteiger partial charge in [0, 0.05) is 11.8 Å². The van der Waals surface area contributed by atoms with Crippen molar-refractivity contribution in [3.05, 3.63) is 23.0 Å². The summed E-state index contributed by atoms with van der Waals surface area (Å²) in [7, 11) is 1.49. The van der Waals surface area contributed by atoms with E-state index >= 15 is 0 Å². The summed E-state index contributed by atoms with van der Waals surface area (Å²) in [6.07, 6.45) is 3.07. The Labute approximate surface area is 111 Å². The van der Waals surface area contributed by atoms with Crippen molar-refractivity contribution < 1.29 is 9.53 Å². The number of nitrogens with one attached hydrogen (secondary N) is 1. The van der Waals surface area contributed by atoms with Gasteiger partial charge in [-0.05, 0) is 31.8 Å². The standard InChI is InChI=1S/C13H16N4O2/c1-19-12-9(6-14)7-17-11(13(15)18)10(12)8-2-4-16-5-3-8/h7-8,16H,2-5H2,1H3,(H2,15,18). The second kappa shape index (κ2) is 5.67. The van der Waals surface area contributed by atoms with Crippen LogP contribution in [-0.2, 0) is 0 Å². The number of rotatable bonds is 3. The molecule has 1 amide bonds. The normalized spacial score (nSPS) is 15.8. The maximum absolute atomic E-state index is 11.5. The second-order valence-corrected chi connectivity index (χ2v) is 4.47. The molecule has 6 heteroatoms. The Bertz CT molecular complexity index is 530. The van der Waals surface area contributed by atoms with E-state index in [0.29, 0.717) is 16.9 Å². The van der Waals surface area contributed by atoms with Crippen LogP contribution in [0.15, 0.2) is 6.20 Å². The van der Waals surface area contributed by atoms with Gasteiger partial charge in [0.1, 0.15) is 23.1 Å². The van der Waals surface area contributed by atoms with Crippen molar-refractivity contribution in [2.75, 3.05) is 20.2 Å². The Morgan fingerprint density at radius 3 is 2.79 bits per heavy atom. The molecule has 0 aromatic carbocycles. The molecule has 19 heavy (non-hydrogen) atoms. The zero-order valence-electron chi connectivity index (χ0n) is 10.8. The second-order valence-electron chi connectivity index (χ2n) is 4.47. The number of methoxy groups -OCH3 is 1. The third kappa shape index (κ3) is 2.51. The molecule has 0 saturated carbocycles. The number of nitriles is 1. The molecule has 1 aromatic rings. The Morgan fingerprint density at radius 2 is 2.26 bits per heavy atom. The van der Waals surface area contributed by atoms with Gasteiger partial charge in [-0.3, -0.25) is 4.79 Å². The molecular weight excluding hydrogens is 244 g/mol. The van der Waals surface area contributed by atoms with Crippen molar-refractivity contribution in [2.24, 2.45) is 5.73 Å². The topological polar surface area (TPSA) is 101 Å². The molecule has 3 N–H and O–H groups in total. The minimum Gasteiger partial charge on any atom is -0.495 e. The minimum absolute atomic E-state index is 0.138. The van der Waals surface area contributed by atoms with Crippen LogP contribution in [0.5, 0.6) is 5.75 Å². The summed E-state index contributed by atoms with van der Waals surface area (Å²) in [4.78, 5) is 15.6. The quantitative estimate of drug-likeness (QED) is 0.825. The van der Waals surface area contributed by atoms with Crippen LogP contribution >= 0.6 is 0 Å². The highest BCUT2D eigenvalue weighted by Crippen LogP contribution is 2.36. The van der Waals surface area contributed by atoms with E-state index in [0.717, 1.165) is 25.9 Å². The number of piperidine rings is 1. The average Bonchev–Trinajstić information content (AvgIpc) is 2.46. The average molecular weight is 260 g/mol. The third-order valence-corrected chi connectivity index (χ3v) is 3.37. The Balaban J connectivity index is 2.58. The highest BCUT2D eigenvalue weighted by atomic mass is 16.5. The van der Waals surface area contributed by atoms with Gasteiger partial charge < -0.3 is 15.8 Å². The first-order valence-electron chi connectivity index (χ1n) is 6.16. The molecular formula is C13H16N4O2. The number of carbonyl (C=O) groups is 1. The van der Waals surface area contributed by atoms with E-state index in [-0.39, 0.29) is 11.6 Å². The van der Waals surface area contributed by atoms with Gasteiger partial charge in [-0.25, -0.2) is 4.98 Å². The predicted molar refractivity (Wildman–Crippen MR) is 68.9 cm³/mol. The van der Waals surface area contributed by atoms with E-state index in [1.54, 1.807) is 0 Å². The molecule has 0 unspecified atom stereocenters. The van der Waals surface area contributed by atoms with Gasteiger partial charge in [0.05, 0.1) is 7.11 Å². The van der Waals surface area contributed by atoms with E-state index in [1.807, 2.05) is 6.07 Å². The molecule has 2 rings (SSSR count). The minimum atomic E-state index is -0.587. The zero-order valence-corrected chi connectivity index (χ0v) is 10.8. The molecule has 6 nitrogen and oxygen atoms in total. The molecule has 1 aromatic heterocycles. The van der Waals surface area contributed by atoms with E-state index in [9.17, 15) is 4.79 Å². The predicted octanol–water partition coefficient (Wildman–Crippen LogP) is 0.528. The lowest BCUT2D eigenvalue weighted by molar-refractivity contribution is 0.0993. The van der Waals surface area contributed by atoms with Crippen LogP contribution in [0.1, 0.15) is 40.4 Å². The van der Waals surface area contributed by atoms with Crippen molar-refractivity contribution in [1.82, 2.24) is 10.3 Å². The summed E-state index contributed by atoms with van der Waals surface area (Å²) in [5.41, 5.74) is 6.60. The smallest absolute Gasteiger partial charge is 0.267 e. The summed E-state index contributed by atoms with van der Waals surface area (Å²) in [5, 5.41) is 12.4. The first-order valence-corrected chi connectivity index (χ1v) is 6.16. The van der Waals surface area contributed by atoms with Gasteiger partial charge >= 0.3 is 0 Å². The van der Waals surface area contributed by atoms with E-state index in [1.165, 1.54) is 13.3 Å². The number of carbonyl (C=O) groups excluding carboxylic acids is 1. The van der Waals surface area contributed by atoms with E-state index in [4.69, 9.17) is 15.7 Å². The van der Waals surface area contributed by atoms with Crippen molar-refractivity contribution in [3.63, 3.8) is 0 Å². The fraction of sp³-hybridized carbons (Fsp3) is 0.462. The lowest BCUT2D eigenvalue weighted by atomic mass is 9.87. The highest BCUT2D eigenvalue weighted by molar-refractivity contribution is 5.93. The third-order valence-electron chi connectivity index (χ3n) is 3.37.